The molecular formula is C24H40N10OS2. The number of thiocarbonyl (C=S) groups is 2. The summed E-state index contributed by atoms with van der Waals surface area (Å²) in [6.07, 6.45) is 0. The fourth-order valence-electron chi connectivity index (χ4n) is 4.59. The van der Waals surface area contributed by atoms with Gasteiger partial charge in [0.05, 0.1) is 21.9 Å². The number of carbonyl (C=O) groups excluding carboxylic acids is 1. The molecule has 204 valence electrons. The molecule has 0 aliphatic carbocycles. The Kier molecular flexibility index (Phi) is 12.3. The van der Waals surface area contributed by atoms with Crippen molar-refractivity contribution in [3.63, 3.8) is 0 Å². The van der Waals surface area contributed by atoms with E-state index in [1.807, 2.05) is 24.3 Å². The molecule has 3 fully saturated rings. The Morgan fingerprint density at radius 3 is 1.57 bits per heavy atom. The van der Waals surface area contributed by atoms with Crippen molar-refractivity contribution in [2.45, 2.75) is 18.0 Å². The van der Waals surface area contributed by atoms with Crippen molar-refractivity contribution in [1.29, 1.82) is 0 Å². The second-order valence-electron chi connectivity index (χ2n) is 9.63. The van der Waals surface area contributed by atoms with Crippen molar-refractivity contribution in [3.05, 3.63) is 24.3 Å². The van der Waals surface area contributed by atoms with Crippen LogP contribution in [-0.2, 0) is 4.79 Å². The summed E-state index contributed by atoms with van der Waals surface area (Å²) < 4.78 is 0. The van der Waals surface area contributed by atoms with Gasteiger partial charge in [-0.25, -0.2) is 0 Å². The van der Waals surface area contributed by atoms with Crippen molar-refractivity contribution in [2.75, 3.05) is 83.9 Å². The standard InChI is InChI=1S/C24H40N10OS2/c1-19(35)33-23-12-25-6-9-28-15-24(16-29-10-7-26-13-23,17-30-11-8-27-14-23)34-22(37)32-21-4-2-20(3-5-21)31-18-36/h2-5,25-30H,6-17H2,1H3,(H,33,35)(H2,32,34,37). The van der Waals surface area contributed by atoms with Crippen molar-refractivity contribution in [1.82, 2.24) is 42.5 Å². The fraction of sp³-hybridized carbons (Fsp3) is 0.625. The molecule has 1 amide bonds. The minimum absolute atomic E-state index is 0.0261. The first-order chi connectivity index (χ1) is 17.9. The zero-order chi connectivity index (χ0) is 26.4. The zero-order valence-electron chi connectivity index (χ0n) is 21.5. The van der Waals surface area contributed by atoms with Crippen molar-refractivity contribution >= 4 is 52.0 Å². The predicted octanol–water partition coefficient (Wildman–Crippen LogP) is -1.11. The topological polar surface area (TPSA) is 138 Å². The molecule has 0 unspecified atom stereocenters. The van der Waals surface area contributed by atoms with Gasteiger partial charge in [-0.15, -0.1) is 0 Å². The van der Waals surface area contributed by atoms with E-state index >= 15 is 0 Å². The maximum atomic E-state index is 12.0. The first kappa shape index (κ1) is 29.5. The van der Waals surface area contributed by atoms with Gasteiger partial charge in [0.2, 0.25) is 5.91 Å². The highest BCUT2D eigenvalue weighted by Crippen LogP contribution is 2.16. The molecule has 1 aromatic rings. The molecule has 2 bridgehead atoms. The van der Waals surface area contributed by atoms with E-state index in [0.29, 0.717) is 44.4 Å². The molecule has 13 heteroatoms. The fourth-order valence-corrected chi connectivity index (χ4v) is 5.02. The van der Waals surface area contributed by atoms with Gasteiger partial charge in [-0.2, -0.15) is 4.99 Å². The summed E-state index contributed by atoms with van der Waals surface area (Å²) in [5.74, 6) is -0.0261. The lowest BCUT2D eigenvalue weighted by Gasteiger charge is -2.39. The quantitative estimate of drug-likeness (QED) is 0.167. The average Bonchev–Trinajstić information content (AvgIpc) is 2.86. The van der Waals surface area contributed by atoms with Gasteiger partial charge in [0.1, 0.15) is 0 Å². The highest BCUT2D eigenvalue weighted by molar-refractivity contribution is 7.80. The lowest BCUT2D eigenvalue weighted by molar-refractivity contribution is -0.120. The van der Waals surface area contributed by atoms with Crippen molar-refractivity contribution in [3.8, 4) is 0 Å². The van der Waals surface area contributed by atoms with Gasteiger partial charge in [0.15, 0.2) is 5.11 Å². The van der Waals surface area contributed by atoms with Gasteiger partial charge < -0.3 is 47.9 Å². The number of hydrogen-bond donors (Lipinski definition) is 9. The first-order valence-electron chi connectivity index (χ1n) is 12.7. The molecule has 11 nitrogen and oxygen atoms in total. The molecular weight excluding hydrogens is 508 g/mol. The Balaban J connectivity index is 1.71. The normalized spacial score (nSPS) is 26.1. The highest BCUT2D eigenvalue weighted by atomic mass is 32.1. The number of anilines is 1. The number of aliphatic imine (C=N–C) groups is 1. The summed E-state index contributed by atoms with van der Waals surface area (Å²) in [4.78, 5) is 16.0. The predicted molar refractivity (Wildman–Crippen MR) is 157 cm³/mol. The molecule has 37 heavy (non-hydrogen) atoms. The molecule has 3 heterocycles. The Labute approximate surface area is 230 Å². The third-order valence-corrected chi connectivity index (χ3v) is 6.63. The van der Waals surface area contributed by atoms with E-state index < -0.39 is 5.54 Å². The van der Waals surface area contributed by atoms with Crippen LogP contribution < -0.4 is 47.9 Å². The van der Waals surface area contributed by atoms with E-state index in [-0.39, 0.29) is 11.4 Å². The smallest absolute Gasteiger partial charge is 0.217 e. The molecule has 3 aliphatic heterocycles. The molecule has 0 saturated carbocycles. The van der Waals surface area contributed by atoms with Crippen LogP contribution in [0.4, 0.5) is 11.4 Å². The van der Waals surface area contributed by atoms with Gasteiger partial charge in [-0.05, 0) is 48.7 Å². The minimum Gasteiger partial charge on any atom is -0.353 e. The number of carbonyl (C=O) groups is 1. The number of isothiocyanates is 1. The molecule has 4 rings (SSSR count). The van der Waals surface area contributed by atoms with E-state index in [1.54, 1.807) is 6.92 Å². The van der Waals surface area contributed by atoms with Gasteiger partial charge in [-0.1, -0.05) is 0 Å². The molecule has 3 saturated heterocycles. The lowest BCUT2D eigenvalue weighted by atomic mass is 9.97. The largest absolute Gasteiger partial charge is 0.353 e. The van der Waals surface area contributed by atoms with E-state index in [2.05, 4.69) is 70.2 Å². The van der Waals surface area contributed by atoms with E-state index in [0.717, 1.165) is 50.6 Å². The van der Waals surface area contributed by atoms with E-state index in [1.165, 1.54) is 0 Å². The monoisotopic (exact) mass is 548 g/mol. The summed E-state index contributed by atoms with van der Waals surface area (Å²) in [5.41, 5.74) is 0.850. The molecule has 1 aromatic carbocycles. The SMILES string of the molecule is CC(=O)NC12CNCCNCC(NC(=S)Nc3ccc(N=C=S)cc3)(CNCCNC1)CNCCNC2. The number of nitrogens with one attached hydrogen (secondary N) is 9. The third kappa shape index (κ3) is 10.3. The first-order valence-corrected chi connectivity index (χ1v) is 13.6. The zero-order valence-corrected chi connectivity index (χ0v) is 23.1. The maximum Gasteiger partial charge on any atom is 0.217 e. The lowest BCUT2D eigenvalue weighted by Crippen LogP contribution is -2.68. The van der Waals surface area contributed by atoms with Crippen LogP contribution in [0.5, 0.6) is 0 Å². The highest BCUT2D eigenvalue weighted by Gasteiger charge is 2.33. The van der Waals surface area contributed by atoms with Gasteiger partial charge in [0.25, 0.3) is 0 Å². The third-order valence-electron chi connectivity index (χ3n) is 6.34. The van der Waals surface area contributed by atoms with Crippen molar-refractivity contribution in [2.24, 2.45) is 4.99 Å². The Hall–Kier alpha value is -2.06. The number of rotatable bonds is 4. The number of hydrogen-bond acceptors (Lipinski definition) is 10. The number of fused-ring (bicyclic) bond motifs is 15. The molecule has 0 radical (unpaired) electrons. The molecule has 0 atom stereocenters. The van der Waals surface area contributed by atoms with Crippen LogP contribution in [0, 0.1) is 0 Å². The number of benzene rings is 1. The van der Waals surface area contributed by atoms with Crippen LogP contribution >= 0.6 is 24.4 Å². The van der Waals surface area contributed by atoms with Gasteiger partial charge in [0, 0.05) is 91.1 Å². The second kappa shape index (κ2) is 15.4. The summed E-state index contributed by atoms with van der Waals surface area (Å²) in [6, 6.07) is 7.56. The molecule has 0 spiro atoms. The van der Waals surface area contributed by atoms with E-state index in [9.17, 15) is 4.79 Å². The van der Waals surface area contributed by atoms with Crippen LogP contribution in [0.3, 0.4) is 0 Å². The molecule has 9 N–H and O–H groups in total. The Morgan fingerprint density at radius 2 is 1.19 bits per heavy atom. The molecule has 3 aliphatic rings. The minimum atomic E-state index is -0.405. The van der Waals surface area contributed by atoms with Crippen LogP contribution in [0.25, 0.3) is 0 Å². The maximum absolute atomic E-state index is 12.0. The summed E-state index contributed by atoms with van der Waals surface area (Å²) >= 11 is 10.4. The van der Waals surface area contributed by atoms with Crippen LogP contribution in [-0.4, -0.2) is 106 Å². The number of amides is 1. The number of nitrogens with zero attached hydrogens (tertiary/aromatic N) is 1. The van der Waals surface area contributed by atoms with Gasteiger partial charge in [-0.3, -0.25) is 4.79 Å². The average molecular weight is 549 g/mol. The van der Waals surface area contributed by atoms with Crippen molar-refractivity contribution < 1.29 is 4.79 Å². The summed E-state index contributed by atoms with van der Waals surface area (Å²) in [5, 5.41) is 34.4. The van der Waals surface area contributed by atoms with Crippen LogP contribution in [0.15, 0.2) is 29.3 Å². The van der Waals surface area contributed by atoms with E-state index in [4.69, 9.17) is 12.2 Å². The summed E-state index contributed by atoms with van der Waals surface area (Å²) in [6.45, 7) is 10.4. The second-order valence-corrected chi connectivity index (χ2v) is 10.2. The Bertz CT molecular complexity index is 879. The van der Waals surface area contributed by atoms with Gasteiger partial charge >= 0.3 is 0 Å². The van der Waals surface area contributed by atoms with Crippen LogP contribution in [0.2, 0.25) is 0 Å². The Morgan fingerprint density at radius 1 is 0.784 bits per heavy atom. The molecule has 0 aromatic heterocycles. The van der Waals surface area contributed by atoms with Crippen LogP contribution in [0.1, 0.15) is 6.92 Å². The summed E-state index contributed by atoms with van der Waals surface area (Å²) in [7, 11) is 0.